The first-order valence-electron chi connectivity index (χ1n) is 5.55. The van der Waals surface area contributed by atoms with Gasteiger partial charge in [0.15, 0.2) is 0 Å². The van der Waals surface area contributed by atoms with Gasteiger partial charge in [0.1, 0.15) is 6.04 Å². The molecule has 0 saturated carbocycles. The average molecular weight is 215 g/mol. The van der Waals surface area contributed by atoms with Gasteiger partial charge in [-0.05, 0) is 32.0 Å². The number of carboxylic acid groups (broad SMARTS) is 1. The van der Waals surface area contributed by atoms with Crippen molar-refractivity contribution in [1.29, 1.82) is 0 Å². The molecule has 0 aromatic carbocycles. The standard InChI is InChI=1S/C10H21N3O2/c1-2-13-4-3-8(7-13)5-12-6-9(11)10(14)15/h8-9,12H,2-7,11H2,1H3,(H,14,15). The van der Waals surface area contributed by atoms with Crippen LogP contribution in [0.5, 0.6) is 0 Å². The van der Waals surface area contributed by atoms with Crippen molar-refractivity contribution < 1.29 is 9.90 Å². The normalized spacial score (nSPS) is 24.3. The van der Waals surface area contributed by atoms with Crippen LogP contribution in [0.2, 0.25) is 0 Å². The lowest BCUT2D eigenvalue weighted by molar-refractivity contribution is -0.138. The van der Waals surface area contributed by atoms with Gasteiger partial charge in [-0.3, -0.25) is 4.79 Å². The van der Waals surface area contributed by atoms with Crippen molar-refractivity contribution >= 4 is 5.97 Å². The minimum atomic E-state index is -0.941. The third kappa shape index (κ3) is 4.15. The predicted molar refractivity (Wildman–Crippen MR) is 58.7 cm³/mol. The third-order valence-electron chi connectivity index (χ3n) is 2.93. The molecule has 1 rings (SSSR count). The third-order valence-corrected chi connectivity index (χ3v) is 2.93. The van der Waals surface area contributed by atoms with Crippen LogP contribution >= 0.6 is 0 Å². The Morgan fingerprint density at radius 1 is 1.73 bits per heavy atom. The summed E-state index contributed by atoms with van der Waals surface area (Å²) < 4.78 is 0. The van der Waals surface area contributed by atoms with Crippen molar-refractivity contribution in [2.75, 3.05) is 32.7 Å². The van der Waals surface area contributed by atoms with Crippen LogP contribution in [0.15, 0.2) is 0 Å². The Morgan fingerprint density at radius 2 is 2.47 bits per heavy atom. The first-order valence-corrected chi connectivity index (χ1v) is 5.55. The van der Waals surface area contributed by atoms with Gasteiger partial charge in [-0.1, -0.05) is 6.92 Å². The molecule has 5 heteroatoms. The van der Waals surface area contributed by atoms with E-state index in [0.717, 1.165) is 26.2 Å². The monoisotopic (exact) mass is 215 g/mol. The van der Waals surface area contributed by atoms with E-state index in [4.69, 9.17) is 10.8 Å². The summed E-state index contributed by atoms with van der Waals surface area (Å²) >= 11 is 0. The van der Waals surface area contributed by atoms with Crippen molar-refractivity contribution in [2.24, 2.45) is 11.7 Å². The van der Waals surface area contributed by atoms with Gasteiger partial charge in [0.25, 0.3) is 0 Å². The number of carboxylic acids is 1. The molecule has 2 atom stereocenters. The van der Waals surface area contributed by atoms with E-state index in [-0.39, 0.29) is 0 Å². The summed E-state index contributed by atoms with van der Waals surface area (Å²) in [4.78, 5) is 12.9. The van der Waals surface area contributed by atoms with E-state index >= 15 is 0 Å². The first kappa shape index (κ1) is 12.4. The summed E-state index contributed by atoms with van der Waals surface area (Å²) in [6.07, 6.45) is 1.20. The molecule has 0 aromatic rings. The summed E-state index contributed by atoms with van der Waals surface area (Å²) in [6.45, 7) is 6.77. The second-order valence-corrected chi connectivity index (χ2v) is 4.15. The highest BCUT2D eigenvalue weighted by Gasteiger charge is 2.21. The fraction of sp³-hybridized carbons (Fsp3) is 0.900. The highest BCUT2D eigenvalue weighted by molar-refractivity contribution is 5.73. The zero-order chi connectivity index (χ0) is 11.3. The lowest BCUT2D eigenvalue weighted by Crippen LogP contribution is -2.41. The molecule has 1 aliphatic heterocycles. The van der Waals surface area contributed by atoms with Crippen LogP contribution in [0.1, 0.15) is 13.3 Å². The molecule has 1 heterocycles. The van der Waals surface area contributed by atoms with Gasteiger partial charge in [-0.15, -0.1) is 0 Å². The number of likely N-dealkylation sites (tertiary alicyclic amines) is 1. The number of nitrogens with one attached hydrogen (secondary N) is 1. The Kier molecular flexibility index (Phi) is 5.01. The Morgan fingerprint density at radius 3 is 3.00 bits per heavy atom. The zero-order valence-electron chi connectivity index (χ0n) is 9.28. The smallest absolute Gasteiger partial charge is 0.321 e. The van der Waals surface area contributed by atoms with E-state index in [2.05, 4.69) is 17.1 Å². The van der Waals surface area contributed by atoms with Gasteiger partial charge < -0.3 is 21.1 Å². The highest BCUT2D eigenvalue weighted by atomic mass is 16.4. The summed E-state index contributed by atoms with van der Waals surface area (Å²) in [6, 6.07) is -0.784. The van der Waals surface area contributed by atoms with Crippen LogP contribution < -0.4 is 11.1 Å². The van der Waals surface area contributed by atoms with Crippen LogP contribution in [0.4, 0.5) is 0 Å². The number of hydrogen-bond acceptors (Lipinski definition) is 4. The van der Waals surface area contributed by atoms with Gasteiger partial charge in [-0.25, -0.2) is 0 Å². The van der Waals surface area contributed by atoms with Crippen LogP contribution in [0, 0.1) is 5.92 Å². The van der Waals surface area contributed by atoms with E-state index < -0.39 is 12.0 Å². The number of nitrogens with two attached hydrogens (primary N) is 1. The van der Waals surface area contributed by atoms with Crippen molar-refractivity contribution in [3.8, 4) is 0 Å². The first-order chi connectivity index (χ1) is 7.13. The van der Waals surface area contributed by atoms with E-state index in [1.807, 2.05) is 0 Å². The number of nitrogens with zero attached hydrogens (tertiary/aromatic N) is 1. The van der Waals surface area contributed by atoms with Gasteiger partial charge in [0.05, 0.1) is 0 Å². The molecule has 4 N–H and O–H groups in total. The largest absolute Gasteiger partial charge is 0.480 e. The van der Waals surface area contributed by atoms with Gasteiger partial charge in [0.2, 0.25) is 0 Å². The molecule has 0 amide bonds. The Balaban J connectivity index is 2.08. The number of carbonyl (C=O) groups is 1. The Labute approximate surface area is 90.6 Å². The lowest BCUT2D eigenvalue weighted by atomic mass is 10.1. The molecule has 1 fully saturated rings. The topological polar surface area (TPSA) is 78.6 Å². The number of aliphatic carboxylic acids is 1. The van der Waals surface area contributed by atoms with Gasteiger partial charge in [-0.2, -0.15) is 0 Å². The second kappa shape index (κ2) is 6.05. The average Bonchev–Trinajstić information content (AvgIpc) is 2.65. The molecule has 0 aromatic heterocycles. The summed E-state index contributed by atoms with van der Waals surface area (Å²) in [5, 5.41) is 11.7. The van der Waals surface area contributed by atoms with E-state index in [1.165, 1.54) is 6.42 Å². The maximum atomic E-state index is 10.5. The van der Waals surface area contributed by atoms with Crippen LogP contribution in [0.3, 0.4) is 0 Å². The molecule has 5 nitrogen and oxygen atoms in total. The summed E-state index contributed by atoms with van der Waals surface area (Å²) in [5.74, 6) is -0.296. The molecule has 1 saturated heterocycles. The van der Waals surface area contributed by atoms with Crippen LogP contribution in [-0.4, -0.2) is 54.7 Å². The van der Waals surface area contributed by atoms with E-state index in [9.17, 15) is 4.79 Å². The summed E-state index contributed by atoms with van der Waals surface area (Å²) in [7, 11) is 0. The van der Waals surface area contributed by atoms with Crippen molar-refractivity contribution in [3.05, 3.63) is 0 Å². The fourth-order valence-electron chi connectivity index (χ4n) is 1.90. The number of rotatable bonds is 6. The van der Waals surface area contributed by atoms with Crippen molar-refractivity contribution in [3.63, 3.8) is 0 Å². The van der Waals surface area contributed by atoms with Gasteiger partial charge in [0, 0.05) is 13.1 Å². The Bertz CT molecular complexity index is 211. The SMILES string of the molecule is CCN1CCC(CNCC(N)C(=O)O)C1. The predicted octanol–water partition coefficient (Wildman–Crippen LogP) is -0.670. The molecular weight excluding hydrogens is 194 g/mol. The zero-order valence-corrected chi connectivity index (χ0v) is 9.28. The highest BCUT2D eigenvalue weighted by Crippen LogP contribution is 2.14. The minimum Gasteiger partial charge on any atom is -0.480 e. The van der Waals surface area contributed by atoms with E-state index in [1.54, 1.807) is 0 Å². The molecule has 2 unspecified atom stereocenters. The molecular formula is C10H21N3O2. The fourth-order valence-corrected chi connectivity index (χ4v) is 1.90. The van der Waals surface area contributed by atoms with Crippen molar-refractivity contribution in [1.82, 2.24) is 10.2 Å². The Hall–Kier alpha value is -0.650. The molecule has 0 radical (unpaired) electrons. The second-order valence-electron chi connectivity index (χ2n) is 4.15. The lowest BCUT2D eigenvalue weighted by Gasteiger charge is -2.14. The van der Waals surface area contributed by atoms with Crippen LogP contribution in [-0.2, 0) is 4.79 Å². The maximum absolute atomic E-state index is 10.5. The number of hydrogen-bond donors (Lipinski definition) is 3. The minimum absolute atomic E-state index is 0.359. The molecule has 15 heavy (non-hydrogen) atoms. The summed E-state index contributed by atoms with van der Waals surface area (Å²) in [5.41, 5.74) is 5.38. The molecule has 88 valence electrons. The maximum Gasteiger partial charge on any atom is 0.321 e. The van der Waals surface area contributed by atoms with E-state index in [0.29, 0.717) is 12.5 Å². The van der Waals surface area contributed by atoms with Crippen LogP contribution in [0.25, 0.3) is 0 Å². The van der Waals surface area contributed by atoms with Crippen molar-refractivity contribution in [2.45, 2.75) is 19.4 Å². The molecule has 0 bridgehead atoms. The molecule has 1 aliphatic rings. The molecule has 0 spiro atoms. The molecule has 0 aliphatic carbocycles. The van der Waals surface area contributed by atoms with Gasteiger partial charge >= 0.3 is 5.97 Å². The quantitative estimate of drug-likeness (QED) is 0.547.